The second kappa shape index (κ2) is 4.70. The zero-order chi connectivity index (χ0) is 11.7. The lowest BCUT2D eigenvalue weighted by Gasteiger charge is -2.26. The van der Waals surface area contributed by atoms with Gasteiger partial charge in [-0.15, -0.1) is 0 Å². The van der Waals surface area contributed by atoms with E-state index in [1.165, 1.54) is 6.07 Å². The standard InChI is InChI=1S/C12H16ClFN2/c1-2-16-6-5-11(15)12(16)8-3-4-10(14)9(13)7-8/h3-4,7,11-12H,2,5-6,15H2,1H3. The molecule has 0 spiro atoms. The van der Waals surface area contributed by atoms with E-state index in [4.69, 9.17) is 17.3 Å². The maximum Gasteiger partial charge on any atom is 0.141 e. The van der Waals surface area contributed by atoms with E-state index >= 15 is 0 Å². The smallest absolute Gasteiger partial charge is 0.141 e. The predicted molar refractivity (Wildman–Crippen MR) is 64.0 cm³/mol. The van der Waals surface area contributed by atoms with Crippen LogP contribution in [-0.2, 0) is 0 Å². The monoisotopic (exact) mass is 242 g/mol. The number of benzene rings is 1. The fourth-order valence-corrected chi connectivity index (χ4v) is 2.58. The molecule has 1 aromatic rings. The van der Waals surface area contributed by atoms with E-state index in [0.717, 1.165) is 25.1 Å². The van der Waals surface area contributed by atoms with Crippen LogP contribution in [-0.4, -0.2) is 24.0 Å². The number of likely N-dealkylation sites (tertiary alicyclic amines) is 1. The highest BCUT2D eigenvalue weighted by Crippen LogP contribution is 2.32. The summed E-state index contributed by atoms with van der Waals surface area (Å²) in [4.78, 5) is 2.30. The number of nitrogens with zero attached hydrogens (tertiary/aromatic N) is 1. The van der Waals surface area contributed by atoms with Crippen LogP contribution in [0.2, 0.25) is 5.02 Å². The molecule has 1 aliphatic rings. The number of hydrogen-bond donors (Lipinski definition) is 1. The molecular formula is C12H16ClFN2. The van der Waals surface area contributed by atoms with Gasteiger partial charge in [0.15, 0.2) is 0 Å². The summed E-state index contributed by atoms with van der Waals surface area (Å²) >= 11 is 5.80. The number of nitrogens with two attached hydrogens (primary N) is 1. The van der Waals surface area contributed by atoms with E-state index in [0.29, 0.717) is 0 Å². The van der Waals surface area contributed by atoms with Crippen molar-refractivity contribution in [3.63, 3.8) is 0 Å². The van der Waals surface area contributed by atoms with Gasteiger partial charge < -0.3 is 5.73 Å². The van der Waals surface area contributed by atoms with E-state index in [2.05, 4.69) is 11.8 Å². The van der Waals surface area contributed by atoms with Crippen molar-refractivity contribution in [1.29, 1.82) is 0 Å². The normalized spacial score (nSPS) is 26.2. The molecule has 2 rings (SSSR count). The molecule has 2 nitrogen and oxygen atoms in total. The summed E-state index contributed by atoms with van der Waals surface area (Å²) in [5.74, 6) is -0.375. The third-order valence-electron chi connectivity index (χ3n) is 3.24. The van der Waals surface area contributed by atoms with Crippen LogP contribution < -0.4 is 5.73 Å². The Hall–Kier alpha value is -0.640. The first kappa shape index (κ1) is 11.8. The first-order valence-electron chi connectivity index (χ1n) is 5.58. The third kappa shape index (κ3) is 2.08. The Morgan fingerprint density at radius 2 is 2.31 bits per heavy atom. The molecule has 4 heteroatoms. The molecule has 0 saturated carbocycles. The van der Waals surface area contributed by atoms with Crippen molar-refractivity contribution < 1.29 is 4.39 Å². The highest BCUT2D eigenvalue weighted by molar-refractivity contribution is 6.30. The molecule has 2 N–H and O–H groups in total. The molecule has 2 unspecified atom stereocenters. The van der Waals surface area contributed by atoms with Crippen LogP contribution >= 0.6 is 11.6 Å². The average Bonchev–Trinajstić information content (AvgIpc) is 2.64. The maximum atomic E-state index is 13.1. The highest BCUT2D eigenvalue weighted by Gasteiger charge is 2.31. The molecule has 0 bridgehead atoms. The fraction of sp³-hybridized carbons (Fsp3) is 0.500. The van der Waals surface area contributed by atoms with Gasteiger partial charge in [0, 0.05) is 18.6 Å². The van der Waals surface area contributed by atoms with Crippen LogP contribution in [0.5, 0.6) is 0 Å². The highest BCUT2D eigenvalue weighted by atomic mass is 35.5. The summed E-state index contributed by atoms with van der Waals surface area (Å²) < 4.78 is 13.1. The van der Waals surface area contributed by atoms with Gasteiger partial charge in [0.05, 0.1) is 5.02 Å². The van der Waals surface area contributed by atoms with Gasteiger partial charge >= 0.3 is 0 Å². The molecular weight excluding hydrogens is 227 g/mol. The molecule has 0 amide bonds. The molecule has 1 aromatic carbocycles. The van der Waals surface area contributed by atoms with Crippen molar-refractivity contribution in [3.05, 3.63) is 34.6 Å². The quantitative estimate of drug-likeness (QED) is 0.864. The Balaban J connectivity index is 2.31. The van der Waals surface area contributed by atoms with Gasteiger partial charge in [-0.2, -0.15) is 0 Å². The fourth-order valence-electron chi connectivity index (χ4n) is 2.39. The van der Waals surface area contributed by atoms with Crippen molar-refractivity contribution in [2.45, 2.75) is 25.4 Å². The van der Waals surface area contributed by atoms with E-state index in [1.54, 1.807) is 12.1 Å². The van der Waals surface area contributed by atoms with E-state index < -0.39 is 0 Å². The lowest BCUT2D eigenvalue weighted by Crippen LogP contribution is -2.31. The van der Waals surface area contributed by atoms with E-state index in [-0.39, 0.29) is 22.9 Å². The van der Waals surface area contributed by atoms with Crippen LogP contribution in [0.25, 0.3) is 0 Å². The molecule has 16 heavy (non-hydrogen) atoms. The van der Waals surface area contributed by atoms with Crippen LogP contribution in [0, 0.1) is 5.82 Å². The van der Waals surface area contributed by atoms with Crippen LogP contribution in [0.1, 0.15) is 24.9 Å². The first-order chi connectivity index (χ1) is 7.63. The minimum absolute atomic E-state index is 0.112. The van der Waals surface area contributed by atoms with Gasteiger partial charge in [0.2, 0.25) is 0 Å². The van der Waals surface area contributed by atoms with E-state index in [9.17, 15) is 4.39 Å². The van der Waals surface area contributed by atoms with Gasteiger partial charge in [-0.3, -0.25) is 4.90 Å². The molecule has 1 heterocycles. The molecule has 0 aromatic heterocycles. The number of hydrogen-bond acceptors (Lipinski definition) is 2. The molecule has 2 atom stereocenters. The van der Waals surface area contributed by atoms with Gasteiger partial charge in [-0.05, 0) is 30.7 Å². The second-order valence-corrected chi connectivity index (χ2v) is 4.61. The van der Waals surface area contributed by atoms with Crippen molar-refractivity contribution in [2.24, 2.45) is 5.73 Å². The molecule has 88 valence electrons. The SMILES string of the molecule is CCN1CCC(N)C1c1ccc(F)c(Cl)c1. The van der Waals surface area contributed by atoms with Crippen molar-refractivity contribution in [2.75, 3.05) is 13.1 Å². The lowest BCUT2D eigenvalue weighted by molar-refractivity contribution is 0.261. The number of halogens is 2. The van der Waals surface area contributed by atoms with Gasteiger partial charge in [-0.1, -0.05) is 24.6 Å². The van der Waals surface area contributed by atoms with Crippen LogP contribution in [0.4, 0.5) is 4.39 Å². The predicted octanol–water partition coefficient (Wildman–Crippen LogP) is 2.57. The van der Waals surface area contributed by atoms with Gasteiger partial charge in [0.1, 0.15) is 5.82 Å². The summed E-state index contributed by atoms with van der Waals surface area (Å²) in [6.45, 7) is 4.06. The Labute approximate surface area is 100 Å². The Morgan fingerprint density at radius 1 is 1.56 bits per heavy atom. The molecule has 1 aliphatic heterocycles. The summed E-state index contributed by atoms with van der Waals surface area (Å²) in [5, 5.41) is 0.174. The number of likely N-dealkylation sites (N-methyl/N-ethyl adjacent to an activating group) is 1. The molecule has 1 fully saturated rings. The van der Waals surface area contributed by atoms with Crippen LogP contribution in [0.3, 0.4) is 0 Å². The summed E-state index contributed by atoms with van der Waals surface area (Å²) in [5.41, 5.74) is 7.10. The summed E-state index contributed by atoms with van der Waals surface area (Å²) in [6, 6.07) is 5.16. The Kier molecular flexibility index (Phi) is 3.47. The topological polar surface area (TPSA) is 29.3 Å². The summed E-state index contributed by atoms with van der Waals surface area (Å²) in [6.07, 6.45) is 0.980. The maximum absolute atomic E-state index is 13.1. The minimum atomic E-state index is -0.375. The van der Waals surface area contributed by atoms with Gasteiger partial charge in [-0.25, -0.2) is 4.39 Å². The largest absolute Gasteiger partial charge is 0.326 e. The lowest BCUT2D eigenvalue weighted by atomic mass is 10.0. The molecule has 1 saturated heterocycles. The number of rotatable bonds is 2. The summed E-state index contributed by atoms with van der Waals surface area (Å²) in [7, 11) is 0. The van der Waals surface area contributed by atoms with Crippen molar-refractivity contribution in [1.82, 2.24) is 4.90 Å². The zero-order valence-electron chi connectivity index (χ0n) is 9.29. The first-order valence-corrected chi connectivity index (χ1v) is 5.96. The Morgan fingerprint density at radius 3 is 2.94 bits per heavy atom. The van der Waals surface area contributed by atoms with Crippen molar-refractivity contribution in [3.8, 4) is 0 Å². The molecule has 0 radical (unpaired) electrons. The van der Waals surface area contributed by atoms with Crippen LogP contribution in [0.15, 0.2) is 18.2 Å². The third-order valence-corrected chi connectivity index (χ3v) is 3.53. The van der Waals surface area contributed by atoms with Gasteiger partial charge in [0.25, 0.3) is 0 Å². The van der Waals surface area contributed by atoms with Crippen molar-refractivity contribution >= 4 is 11.6 Å². The van der Waals surface area contributed by atoms with E-state index in [1.807, 2.05) is 0 Å². The Bertz CT molecular complexity index is 383. The second-order valence-electron chi connectivity index (χ2n) is 4.20. The minimum Gasteiger partial charge on any atom is -0.326 e. The molecule has 0 aliphatic carbocycles. The average molecular weight is 243 g/mol. The zero-order valence-corrected chi connectivity index (χ0v) is 10.0.